The van der Waals surface area contributed by atoms with E-state index in [9.17, 15) is 0 Å². The summed E-state index contributed by atoms with van der Waals surface area (Å²) in [6.07, 6.45) is 38.6. The molecule has 0 aliphatic carbocycles. The third kappa shape index (κ3) is 16.8. The molecular formula is C32H63N2+. The predicted molar refractivity (Wildman–Crippen MR) is 152 cm³/mol. The van der Waals surface area contributed by atoms with Gasteiger partial charge in [0.05, 0.1) is 13.1 Å². The molecule has 34 heavy (non-hydrogen) atoms. The number of rotatable bonds is 26. The minimum Gasteiger partial charge on any atom is -0.234 e. The average Bonchev–Trinajstić information content (AvgIpc) is 3.23. The van der Waals surface area contributed by atoms with E-state index in [0.717, 1.165) is 0 Å². The lowest BCUT2D eigenvalue weighted by Gasteiger charge is -2.06. The highest BCUT2D eigenvalue weighted by Gasteiger charge is 2.16. The number of nitrogens with zero attached hydrogens (tertiary/aromatic N) is 2. The topological polar surface area (TPSA) is 8.81 Å². The van der Waals surface area contributed by atoms with Crippen LogP contribution in [0.1, 0.15) is 174 Å². The molecule has 1 rings (SSSR count). The summed E-state index contributed by atoms with van der Waals surface area (Å²) in [6.45, 7) is 9.35. The second kappa shape index (κ2) is 23.9. The van der Waals surface area contributed by atoms with Gasteiger partial charge in [-0.15, -0.1) is 0 Å². The molecule has 2 heteroatoms. The molecule has 0 unspecified atom stereocenters. The van der Waals surface area contributed by atoms with E-state index in [1.54, 1.807) is 5.82 Å². The molecule has 0 atom stereocenters. The first-order valence-corrected chi connectivity index (χ1v) is 15.9. The van der Waals surface area contributed by atoms with Gasteiger partial charge < -0.3 is 0 Å². The summed E-state index contributed by atoms with van der Waals surface area (Å²) in [5.74, 6) is 1.60. The zero-order chi connectivity index (χ0) is 24.5. The van der Waals surface area contributed by atoms with Crippen molar-refractivity contribution < 1.29 is 4.57 Å². The van der Waals surface area contributed by atoms with Gasteiger partial charge in [0.15, 0.2) is 0 Å². The SMILES string of the molecule is CCCCCCCCCCCCCC[n+]1ccn(CCCC)c1CCCCCCCCCCC. The minimum absolute atomic E-state index is 1.20. The molecule has 0 saturated heterocycles. The Morgan fingerprint density at radius 1 is 0.500 bits per heavy atom. The molecule has 0 fully saturated rings. The molecule has 0 amide bonds. The van der Waals surface area contributed by atoms with Crippen LogP contribution in [0.25, 0.3) is 0 Å². The van der Waals surface area contributed by atoms with E-state index < -0.39 is 0 Å². The highest BCUT2D eigenvalue weighted by molar-refractivity contribution is 4.84. The van der Waals surface area contributed by atoms with Crippen molar-refractivity contribution in [1.29, 1.82) is 0 Å². The summed E-state index contributed by atoms with van der Waals surface area (Å²) in [6, 6.07) is 0. The average molecular weight is 476 g/mol. The van der Waals surface area contributed by atoms with Crippen LogP contribution < -0.4 is 4.57 Å². The van der Waals surface area contributed by atoms with E-state index in [2.05, 4.69) is 42.3 Å². The number of aromatic nitrogens is 2. The Balaban J connectivity index is 2.18. The molecule has 0 saturated carbocycles. The van der Waals surface area contributed by atoms with Crippen molar-refractivity contribution in [2.75, 3.05) is 0 Å². The second-order valence-electron chi connectivity index (χ2n) is 10.9. The van der Waals surface area contributed by atoms with Gasteiger partial charge in [-0.1, -0.05) is 143 Å². The Labute approximate surface area is 215 Å². The van der Waals surface area contributed by atoms with E-state index in [1.807, 2.05) is 0 Å². The summed E-state index contributed by atoms with van der Waals surface area (Å²) in [5, 5.41) is 0. The van der Waals surface area contributed by atoms with E-state index >= 15 is 0 Å². The number of aryl methyl sites for hydroxylation is 2. The summed E-state index contributed by atoms with van der Waals surface area (Å²) >= 11 is 0. The van der Waals surface area contributed by atoms with Crippen LogP contribution in [-0.2, 0) is 19.5 Å². The first kappa shape index (κ1) is 31.2. The lowest BCUT2D eigenvalue weighted by atomic mass is 10.1. The molecule has 0 N–H and O–H groups in total. The van der Waals surface area contributed by atoms with Gasteiger partial charge in [-0.05, 0) is 25.7 Å². The van der Waals surface area contributed by atoms with Crippen molar-refractivity contribution >= 4 is 0 Å². The number of hydrogen-bond donors (Lipinski definition) is 0. The lowest BCUT2D eigenvalue weighted by molar-refractivity contribution is -0.704. The van der Waals surface area contributed by atoms with Gasteiger partial charge in [-0.2, -0.15) is 0 Å². The Kier molecular flexibility index (Phi) is 22.0. The Morgan fingerprint density at radius 2 is 0.912 bits per heavy atom. The zero-order valence-electron chi connectivity index (χ0n) is 23.9. The largest absolute Gasteiger partial charge is 0.256 e. The fourth-order valence-corrected chi connectivity index (χ4v) is 5.24. The summed E-state index contributed by atoms with van der Waals surface area (Å²) < 4.78 is 5.16. The summed E-state index contributed by atoms with van der Waals surface area (Å²) in [7, 11) is 0. The minimum atomic E-state index is 1.20. The van der Waals surface area contributed by atoms with Crippen molar-refractivity contribution in [2.45, 2.75) is 188 Å². The van der Waals surface area contributed by atoms with Gasteiger partial charge >= 0.3 is 0 Å². The summed E-state index contributed by atoms with van der Waals surface area (Å²) in [5.41, 5.74) is 0. The molecule has 0 radical (unpaired) electrons. The van der Waals surface area contributed by atoms with E-state index in [0.29, 0.717) is 0 Å². The van der Waals surface area contributed by atoms with Crippen LogP contribution in [0.5, 0.6) is 0 Å². The first-order chi connectivity index (χ1) is 16.8. The lowest BCUT2D eigenvalue weighted by Crippen LogP contribution is -2.37. The first-order valence-electron chi connectivity index (χ1n) is 15.9. The van der Waals surface area contributed by atoms with Crippen molar-refractivity contribution in [2.24, 2.45) is 0 Å². The van der Waals surface area contributed by atoms with Crippen molar-refractivity contribution in [1.82, 2.24) is 4.57 Å². The third-order valence-electron chi connectivity index (χ3n) is 7.60. The van der Waals surface area contributed by atoms with Crippen LogP contribution >= 0.6 is 0 Å². The molecule has 1 aromatic rings. The normalized spacial score (nSPS) is 11.5. The fourth-order valence-electron chi connectivity index (χ4n) is 5.24. The molecule has 2 nitrogen and oxygen atoms in total. The monoisotopic (exact) mass is 475 g/mol. The van der Waals surface area contributed by atoms with Gasteiger partial charge in [0, 0.05) is 6.42 Å². The van der Waals surface area contributed by atoms with Crippen molar-refractivity contribution in [3.05, 3.63) is 18.2 Å². The van der Waals surface area contributed by atoms with E-state index in [4.69, 9.17) is 0 Å². The molecule has 1 aromatic heterocycles. The van der Waals surface area contributed by atoms with E-state index in [-0.39, 0.29) is 0 Å². The van der Waals surface area contributed by atoms with Gasteiger partial charge in [0.2, 0.25) is 0 Å². The molecule has 0 bridgehead atoms. The molecule has 0 spiro atoms. The van der Waals surface area contributed by atoms with Gasteiger partial charge in [-0.3, -0.25) is 0 Å². The quantitative estimate of drug-likeness (QED) is 0.0930. The van der Waals surface area contributed by atoms with Crippen molar-refractivity contribution in [3.63, 3.8) is 0 Å². The molecule has 0 aliphatic heterocycles. The predicted octanol–water partition coefficient (Wildman–Crippen LogP) is 10.4. The number of imidazole rings is 1. The molecule has 0 aromatic carbocycles. The molecule has 1 heterocycles. The Morgan fingerprint density at radius 3 is 1.38 bits per heavy atom. The number of unbranched alkanes of at least 4 members (excludes halogenated alkanes) is 20. The maximum Gasteiger partial charge on any atom is 0.256 e. The maximum atomic E-state index is 2.59. The maximum absolute atomic E-state index is 2.59. The van der Waals surface area contributed by atoms with Crippen LogP contribution in [0.15, 0.2) is 12.4 Å². The molecule has 0 aliphatic rings. The Hall–Kier alpha value is -0.790. The van der Waals surface area contributed by atoms with E-state index in [1.165, 1.54) is 167 Å². The standard InChI is InChI=1S/C32H63N2/c1-4-7-10-12-14-16-17-18-20-22-24-26-29-34-31-30-33(28-9-6-3)32(34)27-25-23-21-19-15-13-11-8-5-2/h30-31H,4-29H2,1-3H3/q+1. The van der Waals surface area contributed by atoms with Crippen LogP contribution in [0, 0.1) is 0 Å². The van der Waals surface area contributed by atoms with Crippen LogP contribution in [0.4, 0.5) is 0 Å². The molecule has 200 valence electrons. The highest BCUT2D eigenvalue weighted by Crippen LogP contribution is 2.14. The van der Waals surface area contributed by atoms with Gasteiger partial charge in [0.1, 0.15) is 12.4 Å². The second-order valence-corrected chi connectivity index (χ2v) is 10.9. The smallest absolute Gasteiger partial charge is 0.234 e. The molecular weight excluding hydrogens is 412 g/mol. The van der Waals surface area contributed by atoms with Gasteiger partial charge in [-0.25, -0.2) is 9.13 Å². The number of hydrogen-bond acceptors (Lipinski definition) is 0. The Bertz CT molecular complexity index is 533. The van der Waals surface area contributed by atoms with Crippen LogP contribution in [0.2, 0.25) is 0 Å². The summed E-state index contributed by atoms with van der Waals surface area (Å²) in [4.78, 5) is 0. The fraction of sp³-hybridized carbons (Fsp3) is 0.906. The van der Waals surface area contributed by atoms with Gasteiger partial charge in [0.25, 0.3) is 5.82 Å². The van der Waals surface area contributed by atoms with Crippen LogP contribution in [-0.4, -0.2) is 4.57 Å². The highest BCUT2D eigenvalue weighted by atomic mass is 15.1. The van der Waals surface area contributed by atoms with Crippen LogP contribution in [0.3, 0.4) is 0 Å². The third-order valence-corrected chi connectivity index (χ3v) is 7.60. The van der Waals surface area contributed by atoms with Crippen molar-refractivity contribution in [3.8, 4) is 0 Å². The zero-order valence-corrected chi connectivity index (χ0v) is 23.9.